The summed E-state index contributed by atoms with van der Waals surface area (Å²) < 4.78 is 5.18. The van der Waals surface area contributed by atoms with E-state index in [1.165, 1.54) is 13.8 Å². The van der Waals surface area contributed by atoms with Gasteiger partial charge in [-0.2, -0.15) is 0 Å². The molecule has 0 aliphatic heterocycles. The van der Waals surface area contributed by atoms with Crippen LogP contribution >= 0.6 is 11.6 Å². The third-order valence-electron chi connectivity index (χ3n) is 4.10. The van der Waals surface area contributed by atoms with Gasteiger partial charge in [0.05, 0.1) is 0 Å². The molecule has 6 nitrogen and oxygen atoms in total. The number of ether oxygens (including phenoxy) is 1. The molecule has 0 saturated carbocycles. The molecule has 148 valence electrons. The number of carbonyl (C=O) groups excluding carboxylic acids is 3. The molecule has 0 fully saturated rings. The fourth-order valence-electron chi connectivity index (χ4n) is 2.42. The zero-order chi connectivity index (χ0) is 20.8. The van der Waals surface area contributed by atoms with Gasteiger partial charge in [0.2, 0.25) is 0 Å². The molecule has 2 rings (SSSR count). The normalized spacial score (nSPS) is 12.6. The lowest BCUT2D eigenvalue weighted by atomic mass is 10.1. The summed E-state index contributed by atoms with van der Waals surface area (Å²) in [5.41, 5.74) is 2.75. The maximum atomic E-state index is 12.3. The number of hydrogen-bond donors (Lipinski definition) is 2. The van der Waals surface area contributed by atoms with Gasteiger partial charge in [0.25, 0.3) is 11.8 Å². The lowest BCUT2D eigenvalue weighted by molar-refractivity contribution is -0.154. The Hall–Kier alpha value is -2.86. The van der Waals surface area contributed by atoms with Gasteiger partial charge in [-0.1, -0.05) is 35.4 Å². The van der Waals surface area contributed by atoms with Gasteiger partial charge in [0.1, 0.15) is 6.04 Å². The van der Waals surface area contributed by atoms with Crippen molar-refractivity contribution in [2.24, 2.45) is 0 Å². The number of amides is 2. The minimum absolute atomic E-state index is 0.389. The second-order valence-electron chi connectivity index (χ2n) is 6.59. The highest BCUT2D eigenvalue weighted by Gasteiger charge is 2.24. The maximum Gasteiger partial charge on any atom is 0.329 e. The standard InChI is InChI=1S/C21H23ClN2O4/c1-12-6-5-7-16(10-12)20(26)23-14(3)21(27)28-15(4)19(25)24-18-11-17(22)9-8-13(18)2/h5-11,14-15H,1-4H3,(H,23,26)(H,24,25)/t14-,15-/m0/s1. The number of benzene rings is 2. The molecule has 0 unspecified atom stereocenters. The summed E-state index contributed by atoms with van der Waals surface area (Å²) in [5, 5.41) is 5.74. The van der Waals surface area contributed by atoms with Crippen molar-refractivity contribution in [2.45, 2.75) is 39.8 Å². The van der Waals surface area contributed by atoms with Crippen molar-refractivity contribution in [3.8, 4) is 0 Å². The zero-order valence-corrected chi connectivity index (χ0v) is 17.0. The molecule has 0 spiro atoms. The van der Waals surface area contributed by atoms with Crippen LogP contribution in [0, 0.1) is 13.8 Å². The molecule has 28 heavy (non-hydrogen) atoms. The number of nitrogens with one attached hydrogen (secondary N) is 2. The van der Waals surface area contributed by atoms with Crippen molar-refractivity contribution in [3.63, 3.8) is 0 Å². The second kappa shape index (κ2) is 9.37. The number of esters is 1. The Balaban J connectivity index is 1.92. The number of carbonyl (C=O) groups is 3. The first-order valence-corrected chi connectivity index (χ1v) is 9.20. The Morgan fingerprint density at radius 2 is 1.75 bits per heavy atom. The van der Waals surface area contributed by atoms with E-state index in [1.54, 1.807) is 36.4 Å². The molecular formula is C21H23ClN2O4. The summed E-state index contributed by atoms with van der Waals surface area (Å²) in [6, 6.07) is 11.2. The van der Waals surface area contributed by atoms with Gasteiger partial charge in [0, 0.05) is 16.3 Å². The van der Waals surface area contributed by atoms with Gasteiger partial charge in [0.15, 0.2) is 6.10 Å². The Morgan fingerprint density at radius 3 is 2.43 bits per heavy atom. The van der Waals surface area contributed by atoms with Crippen molar-refractivity contribution in [3.05, 3.63) is 64.2 Å². The van der Waals surface area contributed by atoms with Gasteiger partial charge < -0.3 is 15.4 Å². The second-order valence-corrected chi connectivity index (χ2v) is 7.03. The first-order chi connectivity index (χ1) is 13.2. The highest BCUT2D eigenvalue weighted by atomic mass is 35.5. The molecule has 2 amide bonds. The molecule has 0 saturated heterocycles. The number of halogens is 1. The number of hydrogen-bond acceptors (Lipinski definition) is 4. The van der Waals surface area contributed by atoms with Crippen molar-refractivity contribution in [1.29, 1.82) is 0 Å². The Morgan fingerprint density at radius 1 is 1.04 bits per heavy atom. The van der Waals surface area contributed by atoms with Crippen molar-refractivity contribution in [1.82, 2.24) is 5.32 Å². The number of anilines is 1. The molecule has 0 aliphatic rings. The van der Waals surface area contributed by atoms with Crippen molar-refractivity contribution >= 4 is 35.1 Å². The quantitative estimate of drug-likeness (QED) is 0.722. The number of rotatable bonds is 6. The average Bonchev–Trinajstić information content (AvgIpc) is 2.64. The minimum Gasteiger partial charge on any atom is -0.451 e. The minimum atomic E-state index is -1.04. The molecule has 2 aromatic rings. The van der Waals surface area contributed by atoms with Crippen LogP contribution in [0.4, 0.5) is 5.69 Å². The highest BCUT2D eigenvalue weighted by molar-refractivity contribution is 6.31. The molecule has 0 aromatic heterocycles. The van der Waals surface area contributed by atoms with E-state index in [4.69, 9.17) is 16.3 Å². The van der Waals surface area contributed by atoms with Gasteiger partial charge >= 0.3 is 5.97 Å². The summed E-state index contributed by atoms with van der Waals surface area (Å²) in [4.78, 5) is 36.8. The predicted octanol–water partition coefficient (Wildman–Crippen LogP) is 3.65. The summed E-state index contributed by atoms with van der Waals surface area (Å²) in [6.45, 7) is 6.66. The van der Waals surface area contributed by atoms with Crippen LogP contribution in [0.25, 0.3) is 0 Å². The highest BCUT2D eigenvalue weighted by Crippen LogP contribution is 2.20. The fraction of sp³-hybridized carbons (Fsp3) is 0.286. The Bertz CT molecular complexity index is 898. The maximum absolute atomic E-state index is 12.3. The van der Waals surface area contributed by atoms with Gasteiger partial charge in [-0.05, 0) is 57.5 Å². The van der Waals surface area contributed by atoms with Gasteiger partial charge in [-0.15, -0.1) is 0 Å². The van der Waals surface area contributed by atoms with Crippen molar-refractivity contribution in [2.75, 3.05) is 5.32 Å². The average molecular weight is 403 g/mol. The first-order valence-electron chi connectivity index (χ1n) is 8.82. The largest absolute Gasteiger partial charge is 0.451 e. The van der Waals surface area contributed by atoms with E-state index in [9.17, 15) is 14.4 Å². The van der Waals surface area contributed by atoms with E-state index in [1.807, 2.05) is 19.9 Å². The summed E-state index contributed by atoms with van der Waals surface area (Å²) in [5.74, 6) is -1.58. The van der Waals surface area contributed by atoms with Gasteiger partial charge in [-0.3, -0.25) is 9.59 Å². The van der Waals surface area contributed by atoms with Crippen LogP contribution in [0.2, 0.25) is 5.02 Å². The van der Waals surface area contributed by atoms with Crippen LogP contribution in [0.15, 0.2) is 42.5 Å². The van der Waals surface area contributed by atoms with Crippen LogP contribution < -0.4 is 10.6 Å². The third-order valence-corrected chi connectivity index (χ3v) is 4.34. The summed E-state index contributed by atoms with van der Waals surface area (Å²) >= 11 is 5.94. The van der Waals surface area contributed by atoms with Crippen LogP contribution in [-0.4, -0.2) is 29.9 Å². The van der Waals surface area contributed by atoms with E-state index in [2.05, 4.69) is 10.6 Å². The van der Waals surface area contributed by atoms with E-state index in [0.29, 0.717) is 16.3 Å². The molecule has 7 heteroatoms. The van der Waals surface area contributed by atoms with Crippen molar-refractivity contribution < 1.29 is 19.1 Å². The zero-order valence-electron chi connectivity index (χ0n) is 16.2. The van der Waals surface area contributed by atoms with E-state index < -0.39 is 24.0 Å². The molecule has 0 radical (unpaired) electrons. The lowest BCUT2D eigenvalue weighted by Gasteiger charge is -2.18. The van der Waals surface area contributed by atoms with E-state index in [-0.39, 0.29) is 5.91 Å². The smallest absolute Gasteiger partial charge is 0.329 e. The summed E-state index contributed by atoms with van der Waals surface area (Å²) in [7, 11) is 0. The van der Waals surface area contributed by atoms with E-state index in [0.717, 1.165) is 11.1 Å². The van der Waals surface area contributed by atoms with E-state index >= 15 is 0 Å². The van der Waals surface area contributed by atoms with Crippen LogP contribution in [0.5, 0.6) is 0 Å². The summed E-state index contributed by atoms with van der Waals surface area (Å²) in [6.07, 6.45) is -1.04. The van der Waals surface area contributed by atoms with Crippen LogP contribution in [0.3, 0.4) is 0 Å². The fourth-order valence-corrected chi connectivity index (χ4v) is 2.59. The Labute approximate surface area is 169 Å². The molecule has 2 atom stereocenters. The first kappa shape index (κ1) is 21.4. The topological polar surface area (TPSA) is 84.5 Å². The molecule has 2 N–H and O–H groups in total. The number of aryl methyl sites for hydroxylation is 2. The van der Waals surface area contributed by atoms with Crippen LogP contribution in [0.1, 0.15) is 35.3 Å². The predicted molar refractivity (Wildman–Crippen MR) is 108 cm³/mol. The molecule has 0 bridgehead atoms. The molecule has 0 aliphatic carbocycles. The monoisotopic (exact) mass is 402 g/mol. The molecule has 0 heterocycles. The van der Waals surface area contributed by atoms with Crippen LogP contribution in [-0.2, 0) is 14.3 Å². The molecule has 2 aromatic carbocycles. The third kappa shape index (κ3) is 5.82. The van der Waals surface area contributed by atoms with Gasteiger partial charge in [-0.25, -0.2) is 4.79 Å². The lowest BCUT2D eigenvalue weighted by Crippen LogP contribution is -2.42. The SMILES string of the molecule is Cc1cccc(C(=O)N[C@@H](C)C(=O)O[C@@H](C)C(=O)Nc2cc(Cl)ccc2C)c1. The Kier molecular flexibility index (Phi) is 7.18. The molecular weight excluding hydrogens is 380 g/mol.